The van der Waals surface area contributed by atoms with Crippen LogP contribution in [-0.2, 0) is 0 Å². The number of aliphatic hydroxyl groups is 2. The number of aliphatic hydroxyl groups excluding tert-OH is 2. The van der Waals surface area contributed by atoms with Gasteiger partial charge < -0.3 is 10.2 Å². The topological polar surface area (TPSA) is 53.4 Å². The van der Waals surface area contributed by atoms with Gasteiger partial charge in [0.1, 0.15) is 11.3 Å². The van der Waals surface area contributed by atoms with E-state index in [1.807, 2.05) is 0 Å². The molecule has 0 saturated heterocycles. The standard InChI is InChI=1S/C9H10Cl3NO2/c10-2-1-7(14)8(15)6-3-5(11)4-13-9(6)12/h3-4,7-8,14-15H,1-2H2. The molecule has 2 atom stereocenters. The average molecular weight is 271 g/mol. The Kier molecular flexibility index (Phi) is 5.09. The van der Waals surface area contributed by atoms with Crippen molar-refractivity contribution < 1.29 is 10.2 Å². The van der Waals surface area contributed by atoms with E-state index in [1.165, 1.54) is 12.3 Å². The summed E-state index contributed by atoms with van der Waals surface area (Å²) in [7, 11) is 0. The van der Waals surface area contributed by atoms with E-state index >= 15 is 0 Å². The SMILES string of the molecule is OC(CCCl)C(O)c1cc(Cl)cnc1Cl. The highest BCUT2D eigenvalue weighted by Crippen LogP contribution is 2.27. The van der Waals surface area contributed by atoms with E-state index < -0.39 is 12.2 Å². The van der Waals surface area contributed by atoms with Crippen molar-refractivity contribution in [1.29, 1.82) is 0 Å². The van der Waals surface area contributed by atoms with E-state index in [0.29, 0.717) is 10.6 Å². The third kappa shape index (κ3) is 3.47. The van der Waals surface area contributed by atoms with Gasteiger partial charge in [-0.2, -0.15) is 0 Å². The van der Waals surface area contributed by atoms with Gasteiger partial charge in [-0.05, 0) is 12.5 Å². The largest absolute Gasteiger partial charge is 0.390 e. The minimum absolute atomic E-state index is 0.125. The van der Waals surface area contributed by atoms with E-state index in [-0.39, 0.29) is 17.5 Å². The van der Waals surface area contributed by atoms with E-state index in [9.17, 15) is 10.2 Å². The highest BCUT2D eigenvalue weighted by Gasteiger charge is 2.21. The molecule has 1 aromatic rings. The lowest BCUT2D eigenvalue weighted by molar-refractivity contribution is 0.0169. The van der Waals surface area contributed by atoms with Crippen LogP contribution in [0.4, 0.5) is 0 Å². The summed E-state index contributed by atoms with van der Waals surface area (Å²) in [6, 6.07) is 1.47. The Morgan fingerprint density at radius 3 is 2.60 bits per heavy atom. The molecule has 0 amide bonds. The highest BCUT2D eigenvalue weighted by molar-refractivity contribution is 6.32. The molecule has 1 rings (SSSR count). The molecule has 2 unspecified atom stereocenters. The number of alkyl halides is 1. The van der Waals surface area contributed by atoms with E-state index in [4.69, 9.17) is 34.8 Å². The van der Waals surface area contributed by atoms with Crippen molar-refractivity contribution in [2.45, 2.75) is 18.6 Å². The summed E-state index contributed by atoms with van der Waals surface area (Å²) in [4.78, 5) is 3.77. The summed E-state index contributed by atoms with van der Waals surface area (Å²) in [5.41, 5.74) is 0.307. The number of pyridine rings is 1. The van der Waals surface area contributed by atoms with Gasteiger partial charge in [0.05, 0.1) is 11.1 Å². The maximum Gasteiger partial charge on any atom is 0.135 e. The molecule has 2 N–H and O–H groups in total. The second-order valence-corrected chi connectivity index (χ2v) is 4.20. The molecule has 0 fully saturated rings. The van der Waals surface area contributed by atoms with Gasteiger partial charge in [0.25, 0.3) is 0 Å². The molecule has 0 aromatic carbocycles. The normalized spacial score (nSPS) is 15.0. The monoisotopic (exact) mass is 269 g/mol. The summed E-state index contributed by atoms with van der Waals surface area (Å²) in [6.07, 6.45) is -0.456. The van der Waals surface area contributed by atoms with Crippen molar-refractivity contribution in [1.82, 2.24) is 4.98 Å². The Morgan fingerprint density at radius 1 is 1.33 bits per heavy atom. The van der Waals surface area contributed by atoms with Crippen LogP contribution in [0.3, 0.4) is 0 Å². The molecule has 84 valence electrons. The predicted octanol–water partition coefficient (Wildman–Crippen LogP) is 2.41. The number of hydrogen-bond acceptors (Lipinski definition) is 3. The highest BCUT2D eigenvalue weighted by atomic mass is 35.5. The molecule has 0 aliphatic rings. The Bertz CT molecular complexity index is 335. The van der Waals surface area contributed by atoms with Crippen LogP contribution in [0, 0.1) is 0 Å². The van der Waals surface area contributed by atoms with Gasteiger partial charge in [0.15, 0.2) is 0 Å². The Labute approximate surface area is 103 Å². The van der Waals surface area contributed by atoms with Crippen LogP contribution >= 0.6 is 34.8 Å². The van der Waals surface area contributed by atoms with Crippen LogP contribution in [0.2, 0.25) is 10.2 Å². The number of nitrogens with zero attached hydrogens (tertiary/aromatic N) is 1. The molecular weight excluding hydrogens is 260 g/mol. The lowest BCUT2D eigenvalue weighted by atomic mass is 10.0. The van der Waals surface area contributed by atoms with Gasteiger partial charge in [-0.3, -0.25) is 0 Å². The lowest BCUT2D eigenvalue weighted by Crippen LogP contribution is -2.19. The molecule has 3 nitrogen and oxygen atoms in total. The van der Waals surface area contributed by atoms with Gasteiger partial charge in [0.2, 0.25) is 0 Å². The summed E-state index contributed by atoms with van der Waals surface area (Å²) < 4.78 is 0. The molecule has 0 bridgehead atoms. The first-order valence-corrected chi connectivity index (χ1v) is 5.58. The van der Waals surface area contributed by atoms with Crippen LogP contribution in [-0.4, -0.2) is 27.2 Å². The fourth-order valence-electron chi connectivity index (χ4n) is 1.12. The van der Waals surface area contributed by atoms with Gasteiger partial charge in [-0.25, -0.2) is 4.98 Å². The van der Waals surface area contributed by atoms with Crippen molar-refractivity contribution in [2.75, 3.05) is 5.88 Å². The zero-order chi connectivity index (χ0) is 11.4. The smallest absolute Gasteiger partial charge is 0.135 e. The third-order valence-corrected chi connectivity index (χ3v) is 2.66. The van der Waals surface area contributed by atoms with Crippen molar-refractivity contribution in [2.24, 2.45) is 0 Å². The molecule has 0 saturated carbocycles. The molecule has 15 heavy (non-hydrogen) atoms. The summed E-state index contributed by atoms with van der Waals surface area (Å²) in [5.74, 6) is 0.254. The number of rotatable bonds is 4. The summed E-state index contributed by atoms with van der Waals surface area (Å²) >= 11 is 16.9. The fraction of sp³-hybridized carbons (Fsp3) is 0.444. The second kappa shape index (κ2) is 5.87. The van der Waals surface area contributed by atoms with Crippen molar-refractivity contribution in [3.05, 3.63) is 28.0 Å². The van der Waals surface area contributed by atoms with Crippen LogP contribution < -0.4 is 0 Å². The molecule has 0 aliphatic heterocycles. The maximum absolute atomic E-state index is 9.73. The van der Waals surface area contributed by atoms with Crippen LogP contribution in [0.5, 0.6) is 0 Å². The van der Waals surface area contributed by atoms with Crippen LogP contribution in [0.25, 0.3) is 0 Å². The minimum Gasteiger partial charge on any atom is -0.390 e. The first kappa shape index (κ1) is 13.0. The third-order valence-electron chi connectivity index (χ3n) is 1.92. The summed E-state index contributed by atoms with van der Waals surface area (Å²) in [6.45, 7) is 0. The van der Waals surface area contributed by atoms with Gasteiger partial charge in [-0.15, -0.1) is 11.6 Å². The predicted molar refractivity (Wildman–Crippen MR) is 60.6 cm³/mol. The molecule has 6 heteroatoms. The summed E-state index contributed by atoms with van der Waals surface area (Å²) in [5, 5.41) is 19.7. The Morgan fingerprint density at radius 2 is 2.00 bits per heavy atom. The van der Waals surface area contributed by atoms with Gasteiger partial charge in [-0.1, -0.05) is 23.2 Å². The van der Waals surface area contributed by atoms with Crippen molar-refractivity contribution in [3.8, 4) is 0 Å². The van der Waals surface area contributed by atoms with Crippen molar-refractivity contribution in [3.63, 3.8) is 0 Å². The quantitative estimate of drug-likeness (QED) is 0.652. The molecule has 0 radical (unpaired) electrons. The maximum atomic E-state index is 9.73. The zero-order valence-corrected chi connectivity index (χ0v) is 9.97. The van der Waals surface area contributed by atoms with E-state index in [0.717, 1.165) is 0 Å². The van der Waals surface area contributed by atoms with E-state index in [2.05, 4.69) is 4.98 Å². The first-order valence-electron chi connectivity index (χ1n) is 4.29. The zero-order valence-electron chi connectivity index (χ0n) is 7.70. The second-order valence-electron chi connectivity index (χ2n) is 3.02. The average Bonchev–Trinajstić information content (AvgIpc) is 2.21. The lowest BCUT2D eigenvalue weighted by Gasteiger charge is -2.17. The molecule has 1 aromatic heterocycles. The fourth-order valence-corrected chi connectivity index (χ4v) is 1.73. The first-order chi connectivity index (χ1) is 7.06. The van der Waals surface area contributed by atoms with E-state index in [1.54, 1.807) is 0 Å². The van der Waals surface area contributed by atoms with Gasteiger partial charge in [0, 0.05) is 17.6 Å². The van der Waals surface area contributed by atoms with Crippen molar-refractivity contribution >= 4 is 34.8 Å². The number of halogens is 3. The molecule has 0 aliphatic carbocycles. The molecule has 1 heterocycles. The van der Waals surface area contributed by atoms with Crippen LogP contribution in [0.15, 0.2) is 12.3 Å². The number of aromatic nitrogens is 1. The number of hydrogen-bond donors (Lipinski definition) is 2. The van der Waals surface area contributed by atoms with Crippen LogP contribution in [0.1, 0.15) is 18.1 Å². The Balaban J connectivity index is 2.89. The minimum atomic E-state index is -1.12. The van der Waals surface area contributed by atoms with Gasteiger partial charge >= 0.3 is 0 Å². The molecule has 0 spiro atoms. The Hall–Kier alpha value is -0.0600. The molecular formula is C9H10Cl3NO2.